The highest BCUT2D eigenvalue weighted by molar-refractivity contribution is 6.16. The zero-order valence-corrected chi connectivity index (χ0v) is 16.5. The van der Waals surface area contributed by atoms with Crippen LogP contribution in [0.2, 0.25) is 0 Å². The lowest BCUT2D eigenvalue weighted by atomic mass is 10.00. The quantitative estimate of drug-likeness (QED) is 0.330. The van der Waals surface area contributed by atoms with E-state index < -0.39 is 0 Å². The molecular weight excluding hydrogens is 338 g/mol. The van der Waals surface area contributed by atoms with Gasteiger partial charge in [-0.25, -0.2) is 0 Å². The molecule has 0 aliphatic carbocycles. The molecule has 5 aromatic rings. The molecule has 0 radical (unpaired) electrons. The van der Waals surface area contributed by atoms with Gasteiger partial charge in [-0.1, -0.05) is 72.8 Å². The van der Waals surface area contributed by atoms with Crippen LogP contribution in [0.25, 0.3) is 50.3 Å². The summed E-state index contributed by atoms with van der Waals surface area (Å²) >= 11 is 0. The summed E-state index contributed by atoms with van der Waals surface area (Å²) in [5, 5.41) is 9.06. The molecule has 0 saturated heterocycles. The molecule has 4 aromatic carbocycles. The third-order valence-electron chi connectivity index (χ3n) is 5.75. The van der Waals surface area contributed by atoms with Crippen LogP contribution in [0.4, 0.5) is 0 Å². The van der Waals surface area contributed by atoms with E-state index in [1.807, 2.05) is 0 Å². The summed E-state index contributed by atoms with van der Waals surface area (Å²) in [5.74, 6) is 0. The number of rotatable bonds is 1. The molecule has 5 rings (SSSR count). The molecule has 136 valence electrons. The standard InChI is InChI=1S/C27H23N/c1-4-21-24-16-15-23-22-12-7-6-10-19(22)13-14-25(23)27(24)28(26(21)5-2)20-11-8-9-18(3)17-20/h4-17H,1-3H3/b21-4-,26-5+. The molecule has 0 aliphatic heterocycles. The topological polar surface area (TPSA) is 4.93 Å². The van der Waals surface area contributed by atoms with E-state index in [9.17, 15) is 0 Å². The molecular formula is C27H23N. The first-order chi connectivity index (χ1) is 13.7. The van der Waals surface area contributed by atoms with E-state index in [-0.39, 0.29) is 0 Å². The summed E-state index contributed by atoms with van der Waals surface area (Å²) in [4.78, 5) is 0. The van der Waals surface area contributed by atoms with Gasteiger partial charge in [0.1, 0.15) is 0 Å². The second-order valence-electron chi connectivity index (χ2n) is 7.39. The Bertz CT molecular complexity index is 1480. The molecule has 0 saturated carbocycles. The summed E-state index contributed by atoms with van der Waals surface area (Å²) in [5.41, 5.74) is 3.77. The van der Waals surface area contributed by atoms with Crippen molar-refractivity contribution in [3.63, 3.8) is 0 Å². The molecule has 0 aliphatic rings. The highest BCUT2D eigenvalue weighted by Crippen LogP contribution is 2.31. The van der Waals surface area contributed by atoms with E-state index in [2.05, 4.69) is 110 Å². The molecule has 0 amide bonds. The molecule has 1 nitrogen and oxygen atoms in total. The average Bonchev–Trinajstić information content (AvgIpc) is 3.07. The van der Waals surface area contributed by atoms with Crippen molar-refractivity contribution in [3.05, 3.63) is 88.9 Å². The number of aromatic nitrogens is 1. The second kappa shape index (κ2) is 6.38. The van der Waals surface area contributed by atoms with Crippen LogP contribution in [-0.2, 0) is 0 Å². The van der Waals surface area contributed by atoms with Crippen molar-refractivity contribution in [2.45, 2.75) is 20.8 Å². The highest BCUT2D eigenvalue weighted by atomic mass is 15.0. The normalized spacial score (nSPS) is 13.2. The summed E-state index contributed by atoms with van der Waals surface area (Å²) in [6.45, 7) is 6.42. The minimum absolute atomic E-state index is 1.21. The minimum atomic E-state index is 1.21. The van der Waals surface area contributed by atoms with Crippen LogP contribution in [-0.4, -0.2) is 4.57 Å². The molecule has 0 N–H and O–H groups in total. The maximum absolute atomic E-state index is 2.43. The lowest BCUT2D eigenvalue weighted by Gasteiger charge is -2.11. The van der Waals surface area contributed by atoms with Gasteiger partial charge in [0, 0.05) is 27.0 Å². The van der Waals surface area contributed by atoms with E-state index in [0.717, 1.165) is 0 Å². The van der Waals surface area contributed by atoms with E-state index in [1.165, 1.54) is 54.3 Å². The molecule has 28 heavy (non-hydrogen) atoms. The van der Waals surface area contributed by atoms with Crippen LogP contribution in [0.15, 0.2) is 72.8 Å². The number of fused-ring (bicyclic) bond motifs is 5. The van der Waals surface area contributed by atoms with Crippen LogP contribution < -0.4 is 10.6 Å². The first-order valence-corrected chi connectivity index (χ1v) is 9.87. The second-order valence-corrected chi connectivity index (χ2v) is 7.39. The van der Waals surface area contributed by atoms with Crippen LogP contribution in [0.5, 0.6) is 0 Å². The maximum Gasteiger partial charge on any atom is 0.0619 e. The summed E-state index contributed by atoms with van der Waals surface area (Å²) < 4.78 is 2.43. The van der Waals surface area contributed by atoms with Crippen molar-refractivity contribution < 1.29 is 0 Å². The van der Waals surface area contributed by atoms with Crippen molar-refractivity contribution >= 4 is 44.6 Å². The Morgan fingerprint density at radius 2 is 1.46 bits per heavy atom. The van der Waals surface area contributed by atoms with Gasteiger partial charge in [0.05, 0.1) is 5.52 Å². The molecule has 0 fully saturated rings. The first kappa shape index (κ1) is 16.8. The van der Waals surface area contributed by atoms with Crippen molar-refractivity contribution in [2.75, 3.05) is 0 Å². The summed E-state index contributed by atoms with van der Waals surface area (Å²) in [7, 11) is 0. The fraction of sp³-hybridized carbons (Fsp3) is 0.111. The molecule has 1 aromatic heterocycles. The van der Waals surface area contributed by atoms with E-state index >= 15 is 0 Å². The Labute approximate surface area is 164 Å². The fourth-order valence-corrected chi connectivity index (χ4v) is 4.53. The lowest BCUT2D eigenvalue weighted by molar-refractivity contribution is 1.07. The number of benzene rings is 4. The van der Waals surface area contributed by atoms with Gasteiger partial charge in [-0.05, 0) is 54.6 Å². The van der Waals surface area contributed by atoms with Gasteiger partial charge in [-0.2, -0.15) is 0 Å². The monoisotopic (exact) mass is 361 g/mol. The van der Waals surface area contributed by atoms with E-state index in [0.29, 0.717) is 0 Å². The Hall–Kier alpha value is -3.32. The number of aryl methyl sites for hydroxylation is 1. The number of hydrogen-bond acceptors (Lipinski definition) is 0. The Balaban J connectivity index is 2.08. The van der Waals surface area contributed by atoms with Crippen LogP contribution >= 0.6 is 0 Å². The number of nitrogens with zero attached hydrogens (tertiary/aromatic N) is 1. The van der Waals surface area contributed by atoms with Crippen molar-refractivity contribution in [1.82, 2.24) is 4.57 Å². The molecule has 1 heteroatoms. The minimum Gasteiger partial charge on any atom is -0.309 e. The van der Waals surface area contributed by atoms with E-state index in [4.69, 9.17) is 0 Å². The van der Waals surface area contributed by atoms with Crippen LogP contribution in [0.3, 0.4) is 0 Å². The Morgan fingerprint density at radius 3 is 2.25 bits per heavy atom. The molecule has 0 bridgehead atoms. The van der Waals surface area contributed by atoms with Crippen LogP contribution in [0.1, 0.15) is 19.4 Å². The predicted octanol–water partition coefficient (Wildman–Crippen LogP) is 5.85. The van der Waals surface area contributed by atoms with Crippen LogP contribution in [0, 0.1) is 6.92 Å². The third kappa shape index (κ3) is 2.33. The average molecular weight is 361 g/mol. The predicted molar refractivity (Wildman–Crippen MR) is 123 cm³/mol. The van der Waals surface area contributed by atoms with Gasteiger partial charge in [0.25, 0.3) is 0 Å². The van der Waals surface area contributed by atoms with Crippen molar-refractivity contribution in [2.24, 2.45) is 0 Å². The molecule has 0 atom stereocenters. The third-order valence-corrected chi connectivity index (χ3v) is 5.75. The van der Waals surface area contributed by atoms with E-state index in [1.54, 1.807) is 0 Å². The van der Waals surface area contributed by atoms with Gasteiger partial charge < -0.3 is 4.57 Å². The molecule has 1 heterocycles. The Morgan fingerprint density at radius 1 is 0.679 bits per heavy atom. The summed E-state index contributed by atoms with van der Waals surface area (Å²) in [6, 6.07) is 26.5. The fourth-order valence-electron chi connectivity index (χ4n) is 4.53. The van der Waals surface area contributed by atoms with Gasteiger partial charge in [0.15, 0.2) is 0 Å². The van der Waals surface area contributed by atoms with Crippen molar-refractivity contribution in [3.8, 4) is 5.69 Å². The maximum atomic E-state index is 2.43. The Kier molecular flexibility index (Phi) is 3.84. The smallest absolute Gasteiger partial charge is 0.0619 e. The van der Waals surface area contributed by atoms with Gasteiger partial charge >= 0.3 is 0 Å². The zero-order chi connectivity index (χ0) is 19.3. The van der Waals surface area contributed by atoms with Gasteiger partial charge in [-0.15, -0.1) is 0 Å². The van der Waals surface area contributed by atoms with Gasteiger partial charge in [-0.3, -0.25) is 0 Å². The van der Waals surface area contributed by atoms with Crippen molar-refractivity contribution in [1.29, 1.82) is 0 Å². The van der Waals surface area contributed by atoms with Gasteiger partial charge in [0.2, 0.25) is 0 Å². The largest absolute Gasteiger partial charge is 0.309 e. The number of hydrogen-bond donors (Lipinski definition) is 0. The zero-order valence-electron chi connectivity index (χ0n) is 16.5. The summed E-state index contributed by atoms with van der Waals surface area (Å²) in [6.07, 6.45) is 4.46. The molecule has 0 spiro atoms. The first-order valence-electron chi connectivity index (χ1n) is 9.87. The highest BCUT2D eigenvalue weighted by Gasteiger charge is 2.13. The molecule has 0 unspecified atom stereocenters. The SMILES string of the molecule is C/C=c1\c(=C/C)n(-c2cccc(C)c2)c2c1ccc1c3ccccc3ccc12. The lowest BCUT2D eigenvalue weighted by Crippen LogP contribution is -2.27.